The van der Waals surface area contributed by atoms with Crippen LogP contribution < -0.4 is 5.56 Å². The van der Waals surface area contributed by atoms with E-state index in [1.165, 1.54) is 17.0 Å². The van der Waals surface area contributed by atoms with Gasteiger partial charge >= 0.3 is 0 Å². The number of piperazine rings is 1. The number of carbonyl (C=O) groups excluding carboxylic acids is 1. The van der Waals surface area contributed by atoms with Gasteiger partial charge in [-0.05, 0) is 17.7 Å². The number of nitrogens with zero attached hydrogens (tertiary/aromatic N) is 5. The van der Waals surface area contributed by atoms with Crippen LogP contribution in [0.1, 0.15) is 5.56 Å². The van der Waals surface area contributed by atoms with Crippen LogP contribution in [-0.4, -0.2) is 56.4 Å². The van der Waals surface area contributed by atoms with Crippen molar-refractivity contribution in [3.63, 3.8) is 0 Å². The summed E-state index contributed by atoms with van der Waals surface area (Å²) in [4.78, 5) is 44.5. The van der Waals surface area contributed by atoms with E-state index in [2.05, 4.69) is 9.88 Å². The molecule has 33 heavy (non-hydrogen) atoms. The topological polar surface area (TPSA) is 115 Å². The fourth-order valence-electron chi connectivity index (χ4n) is 4.16. The van der Waals surface area contributed by atoms with Crippen LogP contribution >= 0.6 is 0 Å². The Morgan fingerprint density at radius 2 is 1.88 bits per heavy atom. The molecule has 4 aromatic rings. The predicted molar refractivity (Wildman–Crippen MR) is 121 cm³/mol. The monoisotopic (exact) mass is 447 g/mol. The van der Waals surface area contributed by atoms with Crippen molar-refractivity contribution >= 4 is 33.7 Å². The van der Waals surface area contributed by atoms with Crippen LogP contribution in [0.3, 0.4) is 0 Å². The molecule has 3 heterocycles. The van der Waals surface area contributed by atoms with Gasteiger partial charge in [-0.25, -0.2) is 4.98 Å². The Kier molecular flexibility index (Phi) is 5.35. The van der Waals surface area contributed by atoms with Crippen molar-refractivity contribution in [3.05, 3.63) is 80.9 Å². The number of hydrogen-bond donors (Lipinski definition) is 0. The van der Waals surface area contributed by atoms with Crippen LogP contribution in [0.4, 0.5) is 5.69 Å². The molecule has 0 aliphatic carbocycles. The quantitative estimate of drug-likeness (QED) is 0.341. The summed E-state index contributed by atoms with van der Waals surface area (Å²) in [5.41, 5.74) is 1.78. The number of fused-ring (bicyclic) bond motifs is 3. The van der Waals surface area contributed by atoms with Gasteiger partial charge in [0.2, 0.25) is 11.5 Å². The minimum absolute atomic E-state index is 0.0711. The summed E-state index contributed by atoms with van der Waals surface area (Å²) in [6, 6.07) is 13.9. The van der Waals surface area contributed by atoms with Crippen LogP contribution in [0.5, 0.6) is 0 Å². The molecule has 2 aromatic heterocycles. The zero-order chi connectivity index (χ0) is 22.9. The van der Waals surface area contributed by atoms with Crippen molar-refractivity contribution < 1.29 is 14.1 Å². The van der Waals surface area contributed by atoms with E-state index in [1.54, 1.807) is 23.1 Å². The largest absolute Gasteiger partial charge is 0.448 e. The van der Waals surface area contributed by atoms with Crippen molar-refractivity contribution in [1.82, 2.24) is 19.4 Å². The summed E-state index contributed by atoms with van der Waals surface area (Å²) in [6.45, 7) is 2.79. The highest BCUT2D eigenvalue weighted by atomic mass is 16.6. The molecule has 10 nitrogen and oxygen atoms in total. The Morgan fingerprint density at radius 3 is 2.67 bits per heavy atom. The molecule has 1 aliphatic rings. The van der Waals surface area contributed by atoms with Crippen LogP contribution in [0.25, 0.3) is 22.1 Å². The lowest BCUT2D eigenvalue weighted by Gasteiger charge is -2.34. The number of para-hydroxylation sites is 1. The molecule has 0 atom stereocenters. The molecule has 1 amide bonds. The van der Waals surface area contributed by atoms with Crippen LogP contribution in [-0.2, 0) is 17.9 Å². The highest BCUT2D eigenvalue weighted by Gasteiger charge is 2.23. The Balaban J connectivity index is 1.23. The van der Waals surface area contributed by atoms with Crippen LogP contribution in [0.15, 0.2) is 64.1 Å². The van der Waals surface area contributed by atoms with Crippen molar-refractivity contribution in [3.8, 4) is 0 Å². The maximum absolute atomic E-state index is 12.8. The molecule has 0 bridgehead atoms. The molecular formula is C23H21N5O5. The average Bonchev–Trinajstić information content (AvgIpc) is 3.21. The lowest BCUT2D eigenvalue weighted by atomic mass is 10.1. The molecule has 0 radical (unpaired) electrons. The van der Waals surface area contributed by atoms with Crippen LogP contribution in [0.2, 0.25) is 0 Å². The zero-order valence-electron chi connectivity index (χ0n) is 17.7. The first-order valence-corrected chi connectivity index (χ1v) is 10.6. The number of nitro groups is 1. The van der Waals surface area contributed by atoms with E-state index in [1.807, 2.05) is 24.3 Å². The first-order valence-electron chi connectivity index (χ1n) is 10.6. The molecule has 1 saturated heterocycles. The maximum Gasteiger partial charge on any atom is 0.297 e. The molecule has 2 aromatic carbocycles. The molecule has 5 rings (SSSR count). The van der Waals surface area contributed by atoms with Crippen molar-refractivity contribution in [2.45, 2.75) is 13.1 Å². The summed E-state index contributed by atoms with van der Waals surface area (Å²) < 4.78 is 6.96. The molecule has 10 heteroatoms. The molecule has 168 valence electrons. The second-order valence-corrected chi connectivity index (χ2v) is 8.04. The Hall–Kier alpha value is -4.05. The molecule has 0 unspecified atom stereocenters. The van der Waals surface area contributed by atoms with E-state index < -0.39 is 4.92 Å². The van der Waals surface area contributed by atoms with E-state index in [9.17, 15) is 19.7 Å². The van der Waals surface area contributed by atoms with Gasteiger partial charge in [0.15, 0.2) is 0 Å². The third-order valence-electron chi connectivity index (χ3n) is 5.91. The van der Waals surface area contributed by atoms with Gasteiger partial charge in [-0.1, -0.05) is 24.3 Å². The molecule has 1 fully saturated rings. The Labute approximate surface area is 187 Å². The molecule has 0 saturated carbocycles. The van der Waals surface area contributed by atoms with Gasteiger partial charge in [0, 0.05) is 50.2 Å². The fourth-order valence-corrected chi connectivity index (χ4v) is 4.16. The first kappa shape index (κ1) is 20.8. The highest BCUT2D eigenvalue weighted by molar-refractivity contribution is 6.01. The normalized spacial score (nSPS) is 14.7. The number of amides is 1. The van der Waals surface area contributed by atoms with E-state index in [-0.39, 0.29) is 29.3 Å². The Bertz CT molecular complexity index is 1420. The lowest BCUT2D eigenvalue weighted by molar-refractivity contribution is -0.384. The van der Waals surface area contributed by atoms with Gasteiger partial charge in [-0.3, -0.25) is 29.2 Å². The SMILES string of the molecule is O=C(Cn1cnc2c(oc3ccccc32)c1=O)N1CCN(Cc2cccc([N+](=O)[O-])c2)CC1. The van der Waals surface area contributed by atoms with Gasteiger partial charge in [-0.2, -0.15) is 0 Å². The smallest absolute Gasteiger partial charge is 0.297 e. The minimum Gasteiger partial charge on any atom is -0.448 e. The summed E-state index contributed by atoms with van der Waals surface area (Å²) in [6.07, 6.45) is 1.39. The number of non-ortho nitro benzene ring substituents is 1. The number of hydrogen-bond acceptors (Lipinski definition) is 7. The standard InChI is InChI=1S/C23H21N5O5/c29-20(14-27-15-24-21-18-6-1-2-7-19(18)33-22(21)23(27)30)26-10-8-25(9-11-26)13-16-4-3-5-17(12-16)28(31)32/h1-7,12,15H,8-11,13-14H2. The lowest BCUT2D eigenvalue weighted by Crippen LogP contribution is -2.49. The van der Waals surface area contributed by atoms with E-state index in [0.717, 1.165) is 10.9 Å². The Morgan fingerprint density at radius 1 is 1.09 bits per heavy atom. The average molecular weight is 447 g/mol. The van der Waals surface area contributed by atoms with E-state index >= 15 is 0 Å². The second-order valence-electron chi connectivity index (χ2n) is 8.04. The second kappa shape index (κ2) is 8.47. The summed E-state index contributed by atoms with van der Waals surface area (Å²) in [5.74, 6) is -0.163. The van der Waals surface area contributed by atoms with Crippen LogP contribution in [0, 0.1) is 10.1 Å². The van der Waals surface area contributed by atoms with Crippen molar-refractivity contribution in [2.75, 3.05) is 26.2 Å². The van der Waals surface area contributed by atoms with Crippen molar-refractivity contribution in [1.29, 1.82) is 0 Å². The van der Waals surface area contributed by atoms with E-state index in [0.29, 0.717) is 43.8 Å². The van der Waals surface area contributed by atoms with Gasteiger partial charge in [-0.15, -0.1) is 0 Å². The zero-order valence-corrected chi connectivity index (χ0v) is 17.7. The number of aromatic nitrogens is 2. The van der Waals surface area contributed by atoms with Gasteiger partial charge in [0.1, 0.15) is 17.6 Å². The number of nitro benzene ring substituents is 1. The third kappa shape index (κ3) is 4.08. The number of rotatable bonds is 5. The molecular weight excluding hydrogens is 426 g/mol. The van der Waals surface area contributed by atoms with E-state index in [4.69, 9.17) is 4.42 Å². The van der Waals surface area contributed by atoms with Crippen molar-refractivity contribution in [2.24, 2.45) is 0 Å². The predicted octanol–water partition coefficient (Wildman–Crippen LogP) is 2.40. The molecule has 0 N–H and O–H groups in total. The third-order valence-corrected chi connectivity index (χ3v) is 5.91. The first-order chi connectivity index (χ1) is 16.0. The molecule has 0 spiro atoms. The highest BCUT2D eigenvalue weighted by Crippen LogP contribution is 2.24. The summed E-state index contributed by atoms with van der Waals surface area (Å²) in [7, 11) is 0. The molecule has 1 aliphatic heterocycles. The fraction of sp³-hybridized carbons (Fsp3) is 0.261. The number of furan rings is 1. The summed E-state index contributed by atoms with van der Waals surface area (Å²) >= 11 is 0. The van der Waals surface area contributed by atoms with Gasteiger partial charge in [0.25, 0.3) is 11.2 Å². The number of benzene rings is 2. The number of carbonyl (C=O) groups is 1. The maximum atomic E-state index is 12.8. The van der Waals surface area contributed by atoms with Gasteiger partial charge in [0.05, 0.1) is 11.3 Å². The minimum atomic E-state index is -0.403. The van der Waals surface area contributed by atoms with Gasteiger partial charge < -0.3 is 9.32 Å². The summed E-state index contributed by atoms with van der Waals surface area (Å²) in [5, 5.41) is 11.7.